The van der Waals surface area contributed by atoms with Crippen LogP contribution in [0.5, 0.6) is 11.5 Å². The zero-order valence-corrected chi connectivity index (χ0v) is 30.9. The number of hydrogen-bond acceptors (Lipinski definition) is 9. The number of hydrogen-bond donors (Lipinski definition) is 2. The molecule has 1 amide bonds. The van der Waals surface area contributed by atoms with Crippen LogP contribution >= 0.6 is 0 Å². The summed E-state index contributed by atoms with van der Waals surface area (Å²) in [5.74, 6) is 1.15. The zero-order valence-electron chi connectivity index (χ0n) is 29.9. The van der Waals surface area contributed by atoms with Gasteiger partial charge in [0.1, 0.15) is 41.2 Å². The highest BCUT2D eigenvalue weighted by molar-refractivity contribution is 6.74. The van der Waals surface area contributed by atoms with E-state index in [1.807, 2.05) is 78.9 Å². The molecule has 1 aliphatic rings. The lowest BCUT2D eigenvalue weighted by atomic mass is 9.80. The first-order valence-corrected chi connectivity index (χ1v) is 19.5. The van der Waals surface area contributed by atoms with Crippen LogP contribution in [0.1, 0.15) is 50.6 Å². The lowest BCUT2D eigenvalue weighted by Crippen LogP contribution is -2.49. The van der Waals surface area contributed by atoms with Crippen molar-refractivity contribution in [3.8, 4) is 11.5 Å². The Morgan fingerprint density at radius 3 is 1.92 bits per heavy atom. The van der Waals surface area contributed by atoms with Crippen molar-refractivity contribution < 1.29 is 33.3 Å². The molecule has 1 aromatic heterocycles. The van der Waals surface area contributed by atoms with E-state index in [2.05, 4.69) is 44.2 Å². The number of carbonyl (C=O) groups is 1. The van der Waals surface area contributed by atoms with Gasteiger partial charge in [-0.15, -0.1) is 0 Å². The molecule has 0 aliphatic carbocycles. The first-order chi connectivity index (χ1) is 23.7. The topological polar surface area (TPSA) is 130 Å². The number of amides is 1. The molecule has 266 valence electrons. The van der Waals surface area contributed by atoms with E-state index in [1.54, 1.807) is 14.2 Å². The van der Waals surface area contributed by atoms with E-state index < -0.39 is 44.1 Å². The second-order valence-electron chi connectivity index (χ2n) is 13.9. The van der Waals surface area contributed by atoms with E-state index in [0.717, 1.165) is 16.7 Å². The quantitative estimate of drug-likeness (QED) is 0.138. The van der Waals surface area contributed by atoms with Crippen molar-refractivity contribution >= 4 is 20.0 Å². The van der Waals surface area contributed by atoms with Gasteiger partial charge in [0.15, 0.2) is 14.5 Å². The van der Waals surface area contributed by atoms with Crippen molar-refractivity contribution in [1.29, 1.82) is 0 Å². The number of anilines is 1. The molecule has 0 radical (unpaired) electrons. The van der Waals surface area contributed by atoms with Crippen LogP contribution in [-0.4, -0.2) is 68.0 Å². The normalized spacial score (nSPS) is 19.6. The minimum absolute atomic E-state index is 0.0753. The average molecular weight is 702 g/mol. The summed E-state index contributed by atoms with van der Waals surface area (Å²) in [6.07, 6.45) is -2.52. The maximum atomic E-state index is 13.3. The lowest BCUT2D eigenvalue weighted by molar-refractivity contribution is -0.114. The summed E-state index contributed by atoms with van der Waals surface area (Å²) in [7, 11) is 0.733. The van der Waals surface area contributed by atoms with Gasteiger partial charge in [0, 0.05) is 13.1 Å². The number of nitrogens with zero attached hydrogens (tertiary/aromatic N) is 2. The molecule has 12 heteroatoms. The monoisotopic (exact) mass is 701 g/mol. The molecule has 3 aromatic carbocycles. The van der Waals surface area contributed by atoms with Crippen LogP contribution in [0.3, 0.4) is 0 Å². The highest BCUT2D eigenvalue weighted by Gasteiger charge is 2.51. The number of aromatic nitrogens is 2. The molecule has 4 atom stereocenters. The van der Waals surface area contributed by atoms with Crippen LogP contribution in [0, 0.1) is 0 Å². The number of nitrogens with one attached hydrogen (secondary N) is 1. The Labute approximate surface area is 294 Å². The van der Waals surface area contributed by atoms with Crippen molar-refractivity contribution in [2.24, 2.45) is 0 Å². The first kappa shape index (κ1) is 36.9. The van der Waals surface area contributed by atoms with E-state index in [0.29, 0.717) is 11.5 Å². The Bertz CT molecular complexity index is 1760. The second-order valence-corrected chi connectivity index (χ2v) is 18.7. The standard InChI is InChI=1S/C38H47N3O8Si/c1-25(42)39-32-22-23-41(36(44)40-32)35-34(49-50(7,8)37(2,3)4)33(43)31(48-35)24-47-38(26-12-10-9-11-13-26,27-14-18-29(45-5)19-15-27)28-16-20-30(46-6)21-17-28/h9-23,31,33-35,43H,24H2,1-8H3,(H,39,40,42,44). The van der Waals surface area contributed by atoms with Crippen molar-refractivity contribution in [3.63, 3.8) is 0 Å². The molecule has 11 nitrogen and oxygen atoms in total. The Balaban J connectivity index is 1.58. The van der Waals surface area contributed by atoms with Gasteiger partial charge >= 0.3 is 5.69 Å². The predicted octanol–water partition coefficient (Wildman–Crippen LogP) is 5.88. The summed E-state index contributed by atoms with van der Waals surface area (Å²) >= 11 is 0. The van der Waals surface area contributed by atoms with Gasteiger partial charge in [-0.1, -0.05) is 75.4 Å². The molecule has 0 spiro atoms. The number of aliphatic hydroxyl groups is 1. The molecule has 1 saturated heterocycles. The van der Waals surface area contributed by atoms with Gasteiger partial charge < -0.3 is 33.8 Å². The predicted molar refractivity (Wildman–Crippen MR) is 193 cm³/mol. The summed E-state index contributed by atoms with van der Waals surface area (Å²) in [4.78, 5) is 29.0. The minimum Gasteiger partial charge on any atom is -0.497 e. The molecule has 5 rings (SSSR count). The second kappa shape index (κ2) is 14.9. The molecule has 0 saturated carbocycles. The van der Waals surface area contributed by atoms with Gasteiger partial charge in [0.2, 0.25) is 5.91 Å². The molecular weight excluding hydrogens is 655 g/mol. The maximum absolute atomic E-state index is 13.3. The van der Waals surface area contributed by atoms with Gasteiger partial charge in [-0.3, -0.25) is 9.36 Å². The van der Waals surface area contributed by atoms with E-state index >= 15 is 0 Å². The molecular formula is C38H47N3O8Si. The van der Waals surface area contributed by atoms with E-state index in [9.17, 15) is 14.7 Å². The molecule has 1 aliphatic heterocycles. The molecule has 4 unspecified atom stereocenters. The number of benzene rings is 3. The van der Waals surface area contributed by atoms with E-state index in [-0.39, 0.29) is 23.4 Å². The summed E-state index contributed by atoms with van der Waals surface area (Å²) < 4.78 is 32.6. The van der Waals surface area contributed by atoms with Gasteiger partial charge in [-0.05, 0) is 65.2 Å². The van der Waals surface area contributed by atoms with Crippen molar-refractivity contribution in [2.75, 3.05) is 26.1 Å². The highest BCUT2D eigenvalue weighted by atomic mass is 28.4. The number of aliphatic hydroxyl groups excluding tert-OH is 1. The Morgan fingerprint density at radius 2 is 1.44 bits per heavy atom. The smallest absolute Gasteiger partial charge is 0.351 e. The van der Waals surface area contributed by atoms with Crippen LogP contribution < -0.4 is 20.5 Å². The fourth-order valence-corrected chi connectivity index (χ4v) is 7.15. The molecule has 2 N–H and O–H groups in total. The van der Waals surface area contributed by atoms with Crippen LogP contribution in [-0.2, 0) is 24.3 Å². The summed E-state index contributed by atoms with van der Waals surface area (Å²) in [6.45, 7) is 11.7. The van der Waals surface area contributed by atoms with E-state index in [1.165, 1.54) is 23.8 Å². The SMILES string of the molecule is COc1ccc(C(OCC2OC(n3ccc(NC(C)=O)nc3=O)C(O[Si](C)(C)C(C)(C)C)C2O)(c2ccccc2)c2ccc(OC)cc2)cc1. The van der Waals surface area contributed by atoms with Crippen LogP contribution in [0.25, 0.3) is 0 Å². The number of ether oxygens (including phenoxy) is 4. The van der Waals surface area contributed by atoms with Crippen molar-refractivity contribution in [3.05, 3.63) is 118 Å². The summed E-state index contributed by atoms with van der Waals surface area (Å²) in [5, 5.41) is 14.3. The van der Waals surface area contributed by atoms with Gasteiger partial charge in [0.25, 0.3) is 0 Å². The number of rotatable bonds is 12. The largest absolute Gasteiger partial charge is 0.497 e. The number of carbonyl (C=O) groups excluding carboxylic acids is 1. The third-order valence-corrected chi connectivity index (χ3v) is 14.1. The Hall–Kier alpha value is -4.33. The molecule has 0 bridgehead atoms. The van der Waals surface area contributed by atoms with Crippen molar-refractivity contribution in [1.82, 2.24) is 9.55 Å². The van der Waals surface area contributed by atoms with Gasteiger partial charge in [0.05, 0.1) is 20.8 Å². The van der Waals surface area contributed by atoms with Crippen molar-refractivity contribution in [2.45, 2.75) is 76.0 Å². The zero-order chi connectivity index (χ0) is 36.3. The summed E-state index contributed by atoms with van der Waals surface area (Å²) in [6, 6.07) is 26.7. The molecule has 4 aromatic rings. The fraction of sp³-hybridized carbons (Fsp3) is 0.395. The molecule has 1 fully saturated rings. The van der Waals surface area contributed by atoms with Crippen LogP contribution in [0.15, 0.2) is 95.9 Å². The molecule has 2 heterocycles. The lowest BCUT2D eigenvalue weighted by Gasteiger charge is -2.40. The van der Waals surface area contributed by atoms with E-state index in [4.69, 9.17) is 23.4 Å². The Kier molecular flexibility index (Phi) is 11.0. The molecule has 50 heavy (non-hydrogen) atoms. The third-order valence-electron chi connectivity index (χ3n) is 9.60. The van der Waals surface area contributed by atoms with Gasteiger partial charge in [-0.2, -0.15) is 4.98 Å². The van der Waals surface area contributed by atoms with Crippen LogP contribution in [0.4, 0.5) is 5.82 Å². The Morgan fingerprint density at radius 1 is 0.900 bits per heavy atom. The first-order valence-electron chi connectivity index (χ1n) is 16.6. The number of methoxy groups -OCH3 is 2. The average Bonchev–Trinajstić information content (AvgIpc) is 3.38. The third kappa shape index (κ3) is 7.54. The highest BCUT2D eigenvalue weighted by Crippen LogP contribution is 2.45. The maximum Gasteiger partial charge on any atom is 0.351 e. The van der Waals surface area contributed by atoms with Gasteiger partial charge in [-0.25, -0.2) is 4.79 Å². The minimum atomic E-state index is -2.50. The van der Waals surface area contributed by atoms with Crippen LogP contribution in [0.2, 0.25) is 18.1 Å². The summed E-state index contributed by atoms with van der Waals surface area (Å²) in [5.41, 5.74) is 0.676. The fourth-order valence-electron chi connectivity index (χ4n) is 5.86.